The Morgan fingerprint density at radius 3 is 2.40 bits per heavy atom. The van der Waals surface area contributed by atoms with Crippen LogP contribution in [0.1, 0.15) is 24.1 Å². The van der Waals surface area contributed by atoms with Gasteiger partial charge >= 0.3 is 0 Å². The molecule has 20 heavy (non-hydrogen) atoms. The fourth-order valence-electron chi connectivity index (χ4n) is 1.95. The Kier molecular flexibility index (Phi) is 4.25. The second-order valence-electron chi connectivity index (χ2n) is 4.73. The molecular formula is C16H18FNO2. The summed E-state index contributed by atoms with van der Waals surface area (Å²) in [6.07, 6.45) is 0. The summed E-state index contributed by atoms with van der Waals surface area (Å²) in [5.74, 6) is 1.40. The lowest BCUT2D eigenvalue weighted by molar-refractivity contribution is 0.376. The van der Waals surface area contributed by atoms with Crippen molar-refractivity contribution in [3.05, 3.63) is 53.3 Å². The van der Waals surface area contributed by atoms with Gasteiger partial charge in [0.15, 0.2) is 11.5 Å². The lowest BCUT2D eigenvalue weighted by Gasteiger charge is -2.16. The quantitative estimate of drug-likeness (QED) is 0.918. The van der Waals surface area contributed by atoms with Crippen molar-refractivity contribution in [1.82, 2.24) is 0 Å². The highest BCUT2D eigenvalue weighted by Crippen LogP contribution is 2.35. The normalized spacial score (nSPS) is 12.1. The average Bonchev–Trinajstić information content (AvgIpc) is 2.42. The molecule has 0 aliphatic rings. The first kappa shape index (κ1) is 14.3. The molecule has 0 aliphatic carbocycles. The van der Waals surface area contributed by atoms with Gasteiger partial charge in [-0.3, -0.25) is 0 Å². The minimum atomic E-state index is -0.333. The Hall–Kier alpha value is -2.07. The van der Waals surface area contributed by atoms with Crippen molar-refractivity contribution in [1.29, 1.82) is 0 Å². The second-order valence-corrected chi connectivity index (χ2v) is 4.73. The summed E-state index contributed by atoms with van der Waals surface area (Å²) in [6, 6.07) is 9.62. The van der Waals surface area contributed by atoms with E-state index in [0.29, 0.717) is 22.8 Å². The highest BCUT2D eigenvalue weighted by atomic mass is 19.1. The molecule has 0 heterocycles. The van der Waals surface area contributed by atoms with Crippen LogP contribution in [0.2, 0.25) is 0 Å². The SMILES string of the molecule is COc1cc(C)ccc1Oc1ccc(F)cc1[C@@H](C)N. The first-order valence-corrected chi connectivity index (χ1v) is 6.39. The van der Waals surface area contributed by atoms with Crippen LogP contribution in [0.4, 0.5) is 4.39 Å². The fraction of sp³-hybridized carbons (Fsp3) is 0.250. The maximum absolute atomic E-state index is 13.3. The van der Waals surface area contributed by atoms with E-state index in [1.807, 2.05) is 25.1 Å². The number of halogens is 1. The van der Waals surface area contributed by atoms with Crippen LogP contribution >= 0.6 is 0 Å². The van der Waals surface area contributed by atoms with Crippen molar-refractivity contribution in [3.8, 4) is 17.2 Å². The molecule has 2 aromatic carbocycles. The molecule has 4 heteroatoms. The van der Waals surface area contributed by atoms with Crippen LogP contribution in [0.5, 0.6) is 17.2 Å². The third-order valence-corrected chi connectivity index (χ3v) is 3.00. The minimum Gasteiger partial charge on any atom is -0.493 e. The molecule has 0 fully saturated rings. The van der Waals surface area contributed by atoms with Crippen molar-refractivity contribution in [3.63, 3.8) is 0 Å². The molecular weight excluding hydrogens is 257 g/mol. The molecule has 2 rings (SSSR count). The van der Waals surface area contributed by atoms with E-state index < -0.39 is 0 Å². The fourth-order valence-corrected chi connectivity index (χ4v) is 1.95. The van der Waals surface area contributed by atoms with Crippen molar-refractivity contribution in [2.45, 2.75) is 19.9 Å². The van der Waals surface area contributed by atoms with Gasteiger partial charge < -0.3 is 15.2 Å². The van der Waals surface area contributed by atoms with E-state index in [-0.39, 0.29) is 11.9 Å². The molecule has 0 saturated carbocycles. The molecule has 1 atom stereocenters. The zero-order valence-electron chi connectivity index (χ0n) is 11.8. The molecule has 0 radical (unpaired) electrons. The van der Waals surface area contributed by atoms with Crippen LogP contribution in [0.25, 0.3) is 0 Å². The van der Waals surface area contributed by atoms with E-state index >= 15 is 0 Å². The number of hydrogen-bond acceptors (Lipinski definition) is 3. The van der Waals surface area contributed by atoms with E-state index in [9.17, 15) is 4.39 Å². The van der Waals surface area contributed by atoms with E-state index in [0.717, 1.165) is 5.56 Å². The number of rotatable bonds is 4. The summed E-state index contributed by atoms with van der Waals surface area (Å²) < 4.78 is 24.4. The molecule has 0 unspecified atom stereocenters. The van der Waals surface area contributed by atoms with Gasteiger partial charge in [0, 0.05) is 11.6 Å². The predicted molar refractivity (Wildman–Crippen MR) is 76.8 cm³/mol. The Morgan fingerprint density at radius 1 is 1.05 bits per heavy atom. The summed E-state index contributed by atoms with van der Waals surface area (Å²) in [5.41, 5.74) is 7.54. The number of aryl methyl sites for hydroxylation is 1. The van der Waals surface area contributed by atoms with Gasteiger partial charge in [-0.05, 0) is 49.7 Å². The monoisotopic (exact) mass is 275 g/mol. The lowest BCUT2D eigenvalue weighted by atomic mass is 10.1. The number of hydrogen-bond donors (Lipinski definition) is 1. The van der Waals surface area contributed by atoms with Crippen LogP contribution in [0.3, 0.4) is 0 Å². The largest absolute Gasteiger partial charge is 0.493 e. The molecule has 0 aliphatic heterocycles. The van der Waals surface area contributed by atoms with Crippen LogP contribution in [0, 0.1) is 12.7 Å². The molecule has 2 N–H and O–H groups in total. The lowest BCUT2D eigenvalue weighted by Crippen LogP contribution is -2.07. The zero-order valence-corrected chi connectivity index (χ0v) is 11.8. The Labute approximate surface area is 118 Å². The van der Waals surface area contributed by atoms with Gasteiger partial charge in [0.1, 0.15) is 11.6 Å². The number of nitrogens with two attached hydrogens (primary N) is 1. The van der Waals surface area contributed by atoms with Crippen LogP contribution in [-0.2, 0) is 0 Å². The van der Waals surface area contributed by atoms with E-state index in [2.05, 4.69) is 0 Å². The highest BCUT2D eigenvalue weighted by Gasteiger charge is 2.13. The summed E-state index contributed by atoms with van der Waals surface area (Å²) >= 11 is 0. The molecule has 0 bridgehead atoms. The van der Waals surface area contributed by atoms with Gasteiger partial charge in [-0.2, -0.15) is 0 Å². The van der Waals surface area contributed by atoms with E-state index in [1.54, 1.807) is 20.1 Å². The molecule has 0 spiro atoms. The Bertz CT molecular complexity index is 611. The van der Waals surface area contributed by atoms with Crippen LogP contribution < -0.4 is 15.2 Å². The number of ether oxygens (including phenoxy) is 2. The number of methoxy groups -OCH3 is 1. The van der Waals surface area contributed by atoms with Gasteiger partial charge in [0.05, 0.1) is 7.11 Å². The van der Waals surface area contributed by atoms with Crippen LogP contribution in [-0.4, -0.2) is 7.11 Å². The smallest absolute Gasteiger partial charge is 0.169 e. The third kappa shape index (κ3) is 3.08. The maximum atomic E-state index is 13.3. The average molecular weight is 275 g/mol. The van der Waals surface area contributed by atoms with Gasteiger partial charge in [0.2, 0.25) is 0 Å². The zero-order chi connectivity index (χ0) is 14.7. The third-order valence-electron chi connectivity index (χ3n) is 3.00. The summed E-state index contributed by atoms with van der Waals surface area (Å²) in [4.78, 5) is 0. The van der Waals surface area contributed by atoms with E-state index in [1.165, 1.54) is 12.1 Å². The van der Waals surface area contributed by atoms with Gasteiger partial charge in [0.25, 0.3) is 0 Å². The van der Waals surface area contributed by atoms with Gasteiger partial charge in [-0.25, -0.2) is 4.39 Å². The predicted octanol–water partition coefficient (Wildman–Crippen LogP) is 3.95. The van der Waals surface area contributed by atoms with Crippen molar-refractivity contribution < 1.29 is 13.9 Å². The maximum Gasteiger partial charge on any atom is 0.169 e. The van der Waals surface area contributed by atoms with Crippen molar-refractivity contribution in [2.75, 3.05) is 7.11 Å². The molecule has 0 aromatic heterocycles. The molecule has 0 saturated heterocycles. The van der Waals surface area contributed by atoms with Crippen LogP contribution in [0.15, 0.2) is 36.4 Å². The topological polar surface area (TPSA) is 44.5 Å². The molecule has 2 aromatic rings. The Balaban J connectivity index is 2.39. The van der Waals surface area contributed by atoms with E-state index in [4.69, 9.17) is 15.2 Å². The summed E-state index contributed by atoms with van der Waals surface area (Å²) in [5, 5.41) is 0. The molecule has 3 nitrogen and oxygen atoms in total. The summed E-state index contributed by atoms with van der Waals surface area (Å²) in [7, 11) is 1.58. The van der Waals surface area contributed by atoms with Crippen molar-refractivity contribution in [2.24, 2.45) is 5.73 Å². The highest BCUT2D eigenvalue weighted by molar-refractivity contribution is 5.47. The minimum absolute atomic E-state index is 0.322. The van der Waals surface area contributed by atoms with Crippen molar-refractivity contribution >= 4 is 0 Å². The second kappa shape index (κ2) is 5.92. The van der Waals surface area contributed by atoms with Gasteiger partial charge in [-0.15, -0.1) is 0 Å². The first-order chi connectivity index (χ1) is 9.51. The molecule has 0 amide bonds. The molecule has 106 valence electrons. The van der Waals surface area contributed by atoms with Gasteiger partial charge in [-0.1, -0.05) is 6.07 Å². The summed E-state index contributed by atoms with van der Waals surface area (Å²) in [6.45, 7) is 3.76. The Morgan fingerprint density at radius 2 is 1.75 bits per heavy atom. The first-order valence-electron chi connectivity index (χ1n) is 6.39. The number of benzene rings is 2. The standard InChI is InChI=1S/C16H18FNO2/c1-10-4-6-15(16(8-10)19-3)20-14-7-5-12(17)9-13(14)11(2)18/h4-9,11H,18H2,1-3H3/t11-/m1/s1.